The highest BCUT2D eigenvalue weighted by Crippen LogP contribution is 2.27. The molecule has 0 unspecified atom stereocenters. The molecule has 0 fully saturated rings. The summed E-state index contributed by atoms with van der Waals surface area (Å²) in [7, 11) is 0. The number of hydrogen-bond acceptors (Lipinski definition) is 2. The predicted octanol–water partition coefficient (Wildman–Crippen LogP) is 3.20. The van der Waals surface area contributed by atoms with Gasteiger partial charge in [-0.15, -0.1) is 0 Å². The number of rotatable bonds is 5. The zero-order valence-corrected chi connectivity index (χ0v) is 10.4. The molecule has 0 amide bonds. The van der Waals surface area contributed by atoms with Crippen molar-refractivity contribution in [3.63, 3.8) is 0 Å². The minimum Gasteiger partial charge on any atom is -0.360 e. The number of alkyl halides is 3. The van der Waals surface area contributed by atoms with Crippen LogP contribution < -0.4 is 10.6 Å². The number of anilines is 1. The molecule has 1 aromatic carbocycles. The molecule has 0 aliphatic rings. The summed E-state index contributed by atoms with van der Waals surface area (Å²) >= 11 is 0. The van der Waals surface area contributed by atoms with E-state index in [9.17, 15) is 22.0 Å². The van der Waals surface area contributed by atoms with E-state index in [0.29, 0.717) is 6.42 Å². The lowest BCUT2D eigenvalue weighted by Gasteiger charge is -2.26. The number of hydrogen-bond donors (Lipinski definition) is 1. The number of benzene rings is 1. The first-order chi connectivity index (χ1) is 8.80. The molecule has 1 rings (SSSR count). The Labute approximate surface area is 108 Å². The quantitative estimate of drug-likeness (QED) is 0.840. The first-order valence-corrected chi connectivity index (χ1v) is 5.78. The van der Waals surface area contributed by atoms with Crippen LogP contribution in [0.3, 0.4) is 0 Å². The average Bonchev–Trinajstić information content (AvgIpc) is 2.30. The maximum absolute atomic E-state index is 13.8. The van der Waals surface area contributed by atoms with E-state index in [0.717, 1.165) is 11.0 Å². The van der Waals surface area contributed by atoms with Crippen molar-refractivity contribution in [3.05, 3.63) is 29.3 Å². The average molecular weight is 282 g/mol. The molecular weight excluding hydrogens is 267 g/mol. The molecule has 0 heterocycles. The molecule has 2 N–H and O–H groups in total. The van der Waals surface area contributed by atoms with Gasteiger partial charge in [-0.05, 0) is 12.5 Å². The van der Waals surface area contributed by atoms with E-state index in [-0.39, 0.29) is 18.7 Å². The molecule has 19 heavy (non-hydrogen) atoms. The fraction of sp³-hybridized carbons (Fsp3) is 0.500. The minimum absolute atomic E-state index is 0.0160. The van der Waals surface area contributed by atoms with Crippen molar-refractivity contribution in [1.82, 2.24) is 0 Å². The molecule has 0 aromatic heterocycles. The van der Waals surface area contributed by atoms with E-state index in [1.165, 1.54) is 6.07 Å². The van der Waals surface area contributed by atoms with Crippen LogP contribution in [0.4, 0.5) is 27.6 Å². The molecule has 0 radical (unpaired) electrons. The van der Waals surface area contributed by atoms with Crippen molar-refractivity contribution in [3.8, 4) is 0 Å². The lowest BCUT2D eigenvalue weighted by atomic mass is 10.1. The first-order valence-electron chi connectivity index (χ1n) is 5.78. The summed E-state index contributed by atoms with van der Waals surface area (Å²) < 4.78 is 64.5. The Balaban J connectivity index is 3.13. The fourth-order valence-electron chi connectivity index (χ4n) is 1.75. The van der Waals surface area contributed by atoms with Crippen LogP contribution in [0.2, 0.25) is 0 Å². The van der Waals surface area contributed by atoms with E-state index >= 15 is 0 Å². The second kappa shape index (κ2) is 6.18. The van der Waals surface area contributed by atoms with Gasteiger partial charge in [0.15, 0.2) is 11.6 Å². The Hall–Kier alpha value is -1.37. The van der Waals surface area contributed by atoms with Gasteiger partial charge in [0.1, 0.15) is 6.54 Å². The smallest absolute Gasteiger partial charge is 0.360 e. The van der Waals surface area contributed by atoms with Crippen LogP contribution >= 0.6 is 0 Å². The highest BCUT2D eigenvalue weighted by Gasteiger charge is 2.32. The van der Waals surface area contributed by atoms with Crippen molar-refractivity contribution in [2.45, 2.75) is 26.1 Å². The zero-order valence-electron chi connectivity index (χ0n) is 10.4. The van der Waals surface area contributed by atoms with Gasteiger partial charge < -0.3 is 10.6 Å². The standard InChI is InChI=1S/C12H15F5N2/c1-2-5-19(7-12(15,16)17)9-4-3-8(6-18)10(13)11(9)14/h3-4H,2,5-7,18H2,1H3. The lowest BCUT2D eigenvalue weighted by molar-refractivity contribution is -0.119. The summed E-state index contributed by atoms with van der Waals surface area (Å²) in [6, 6.07) is 2.33. The second-order valence-corrected chi connectivity index (χ2v) is 4.11. The SMILES string of the molecule is CCCN(CC(F)(F)F)c1ccc(CN)c(F)c1F. The van der Waals surface area contributed by atoms with Gasteiger partial charge in [0.05, 0.1) is 5.69 Å². The molecule has 108 valence electrons. The van der Waals surface area contributed by atoms with Gasteiger partial charge in [-0.1, -0.05) is 13.0 Å². The number of nitrogens with two attached hydrogens (primary N) is 1. The summed E-state index contributed by atoms with van der Waals surface area (Å²) in [5, 5.41) is 0. The van der Waals surface area contributed by atoms with Crippen molar-refractivity contribution in [1.29, 1.82) is 0 Å². The Morgan fingerprint density at radius 1 is 1.16 bits per heavy atom. The fourth-order valence-corrected chi connectivity index (χ4v) is 1.75. The van der Waals surface area contributed by atoms with Gasteiger partial charge in [0, 0.05) is 18.7 Å². The second-order valence-electron chi connectivity index (χ2n) is 4.11. The van der Waals surface area contributed by atoms with E-state index in [1.807, 2.05) is 0 Å². The highest BCUT2D eigenvalue weighted by atomic mass is 19.4. The third-order valence-electron chi connectivity index (χ3n) is 2.57. The van der Waals surface area contributed by atoms with Crippen molar-refractivity contribution in [2.24, 2.45) is 5.73 Å². The number of halogens is 5. The molecule has 2 nitrogen and oxygen atoms in total. The van der Waals surface area contributed by atoms with Crippen LogP contribution in [0.5, 0.6) is 0 Å². The van der Waals surface area contributed by atoms with Crippen molar-refractivity contribution < 1.29 is 22.0 Å². The van der Waals surface area contributed by atoms with Gasteiger partial charge in [-0.2, -0.15) is 13.2 Å². The Kier molecular flexibility index (Phi) is 5.11. The van der Waals surface area contributed by atoms with Gasteiger partial charge >= 0.3 is 6.18 Å². The van der Waals surface area contributed by atoms with Crippen LogP contribution in [-0.2, 0) is 6.54 Å². The molecule has 0 atom stereocenters. The summed E-state index contributed by atoms with van der Waals surface area (Å²) in [6.07, 6.45) is -4.10. The first kappa shape index (κ1) is 15.7. The molecule has 0 bridgehead atoms. The van der Waals surface area contributed by atoms with Gasteiger partial charge in [-0.3, -0.25) is 0 Å². The topological polar surface area (TPSA) is 29.3 Å². The van der Waals surface area contributed by atoms with E-state index in [1.54, 1.807) is 6.92 Å². The molecule has 0 aliphatic carbocycles. The molecular formula is C12H15F5N2. The van der Waals surface area contributed by atoms with E-state index in [2.05, 4.69) is 0 Å². The Morgan fingerprint density at radius 2 is 1.79 bits per heavy atom. The van der Waals surface area contributed by atoms with Gasteiger partial charge in [0.2, 0.25) is 0 Å². The normalized spacial score (nSPS) is 11.7. The summed E-state index contributed by atoms with van der Waals surface area (Å²) in [5.74, 6) is -2.48. The molecule has 1 aromatic rings. The monoisotopic (exact) mass is 282 g/mol. The van der Waals surface area contributed by atoms with E-state index in [4.69, 9.17) is 5.73 Å². The summed E-state index contributed by atoms with van der Waals surface area (Å²) in [6.45, 7) is 0.110. The van der Waals surface area contributed by atoms with Gasteiger partial charge in [0.25, 0.3) is 0 Å². The molecule has 0 saturated carbocycles. The van der Waals surface area contributed by atoms with Crippen LogP contribution in [-0.4, -0.2) is 19.3 Å². The third-order valence-corrected chi connectivity index (χ3v) is 2.57. The van der Waals surface area contributed by atoms with Crippen LogP contribution in [0, 0.1) is 11.6 Å². The maximum atomic E-state index is 13.8. The summed E-state index contributed by atoms with van der Waals surface area (Å²) in [4.78, 5) is 0.776. The van der Waals surface area contributed by atoms with Crippen molar-refractivity contribution in [2.75, 3.05) is 18.0 Å². The third kappa shape index (κ3) is 4.05. The number of nitrogens with zero attached hydrogens (tertiary/aromatic N) is 1. The molecule has 0 saturated heterocycles. The van der Waals surface area contributed by atoms with Crippen molar-refractivity contribution >= 4 is 5.69 Å². The Bertz CT molecular complexity index is 431. The predicted molar refractivity (Wildman–Crippen MR) is 62.8 cm³/mol. The van der Waals surface area contributed by atoms with Gasteiger partial charge in [-0.25, -0.2) is 8.78 Å². The molecule has 0 aliphatic heterocycles. The maximum Gasteiger partial charge on any atom is 0.405 e. The minimum atomic E-state index is -4.48. The zero-order chi connectivity index (χ0) is 14.6. The molecule has 0 spiro atoms. The van der Waals surface area contributed by atoms with Crippen LogP contribution in [0.25, 0.3) is 0 Å². The van der Waals surface area contributed by atoms with Crippen LogP contribution in [0.15, 0.2) is 12.1 Å². The summed E-state index contributed by atoms with van der Waals surface area (Å²) in [5.41, 5.74) is 4.75. The lowest BCUT2D eigenvalue weighted by Crippen LogP contribution is -2.35. The highest BCUT2D eigenvalue weighted by molar-refractivity contribution is 5.50. The largest absolute Gasteiger partial charge is 0.405 e. The van der Waals surface area contributed by atoms with Crippen LogP contribution in [0.1, 0.15) is 18.9 Å². The van der Waals surface area contributed by atoms with E-state index < -0.39 is 30.0 Å². The Morgan fingerprint density at radius 3 is 2.26 bits per heavy atom. The molecule has 7 heteroatoms.